The fourth-order valence-corrected chi connectivity index (χ4v) is 6.48. The number of halogens is 2. The molecule has 33 heavy (non-hydrogen) atoms. The molecule has 1 N–H and O–H groups in total. The number of fused-ring (bicyclic) bond motifs is 1. The van der Waals surface area contributed by atoms with Crippen LogP contribution < -0.4 is 0 Å². The van der Waals surface area contributed by atoms with Crippen LogP contribution in [-0.4, -0.2) is 40.3 Å². The summed E-state index contributed by atoms with van der Waals surface area (Å²) in [6, 6.07) is 20.5. The fraction of sp³-hybridized carbons (Fsp3) is 0.208. The predicted molar refractivity (Wildman–Crippen MR) is 133 cm³/mol. The second-order valence-corrected chi connectivity index (χ2v) is 11.2. The van der Waals surface area contributed by atoms with E-state index >= 15 is 0 Å². The maximum Gasteiger partial charge on any atom is 0.260 e. The number of benzene rings is 3. The van der Waals surface area contributed by atoms with Crippen LogP contribution in [-0.2, 0) is 10.0 Å². The molecular formula is C24H22FIN3O3S+. The number of aromatic nitrogens is 2. The van der Waals surface area contributed by atoms with Gasteiger partial charge in [-0.1, -0.05) is 25.1 Å². The van der Waals surface area contributed by atoms with Crippen molar-refractivity contribution in [1.82, 2.24) is 14.1 Å². The summed E-state index contributed by atoms with van der Waals surface area (Å²) < 4.78 is 49.2. The number of ether oxygens (including phenoxy) is 1. The summed E-state index contributed by atoms with van der Waals surface area (Å²) in [6.45, 7) is 2.65. The summed E-state index contributed by atoms with van der Waals surface area (Å²) >= 11 is 2.13. The number of nitrogens with zero attached hydrogens (tertiary/aromatic N) is 3. The van der Waals surface area contributed by atoms with Gasteiger partial charge in [0.2, 0.25) is 10.0 Å². The van der Waals surface area contributed by atoms with Crippen molar-refractivity contribution < 1.29 is 17.5 Å². The van der Waals surface area contributed by atoms with Crippen molar-refractivity contribution >= 4 is 43.5 Å². The summed E-state index contributed by atoms with van der Waals surface area (Å²) in [6.07, 6.45) is 0. The average molecular weight is 578 g/mol. The molecule has 1 saturated heterocycles. The van der Waals surface area contributed by atoms with Crippen LogP contribution in [0.15, 0.2) is 77.7 Å². The van der Waals surface area contributed by atoms with E-state index in [4.69, 9.17) is 0 Å². The van der Waals surface area contributed by atoms with Gasteiger partial charge in [-0.15, -0.1) is 0 Å². The van der Waals surface area contributed by atoms with Gasteiger partial charge in [0.05, 0.1) is 16.5 Å². The van der Waals surface area contributed by atoms with Crippen LogP contribution in [0, 0.1) is 15.4 Å². The lowest BCUT2D eigenvalue weighted by Crippen LogP contribution is -2.29. The van der Waals surface area contributed by atoms with Gasteiger partial charge in [0.25, 0.3) is 11.5 Å². The number of hydrogen-bond donors (Lipinski definition) is 0. The molecular weight excluding hydrogens is 556 g/mol. The lowest BCUT2D eigenvalue weighted by molar-refractivity contribution is 0.198. The van der Waals surface area contributed by atoms with E-state index in [1.165, 1.54) is 16.4 Å². The molecule has 0 spiro atoms. The molecule has 1 aromatic heterocycles. The first kappa shape index (κ1) is 22.3. The molecule has 1 fully saturated rings. The lowest BCUT2D eigenvalue weighted by atomic mass is 10.1. The Morgan fingerprint density at radius 2 is 1.70 bits per heavy atom. The highest BCUT2D eigenvalue weighted by atomic mass is 127. The van der Waals surface area contributed by atoms with Crippen LogP contribution in [0.25, 0.3) is 10.9 Å². The van der Waals surface area contributed by atoms with E-state index in [0.717, 1.165) is 14.8 Å². The summed E-state index contributed by atoms with van der Waals surface area (Å²) in [7, 11) is -3.68. The zero-order valence-electron chi connectivity index (χ0n) is 17.8. The third kappa shape index (κ3) is 4.24. The molecule has 1 aliphatic heterocycles. The van der Waals surface area contributed by atoms with Crippen LogP contribution in [0.1, 0.15) is 13.0 Å². The van der Waals surface area contributed by atoms with Gasteiger partial charge in [0, 0.05) is 42.7 Å². The van der Waals surface area contributed by atoms with Crippen LogP contribution in [0.2, 0.25) is 0 Å². The van der Waals surface area contributed by atoms with Crippen molar-refractivity contribution in [3.05, 3.63) is 82.3 Å². The van der Waals surface area contributed by atoms with Gasteiger partial charge in [0.15, 0.2) is 0 Å². The zero-order chi connectivity index (χ0) is 23.2. The molecule has 0 amide bonds. The topological polar surface area (TPSA) is 68.0 Å². The van der Waals surface area contributed by atoms with Gasteiger partial charge in [-0.05, 0) is 58.8 Å². The molecule has 2 atom stereocenters. The molecule has 0 unspecified atom stereocenters. The smallest absolute Gasteiger partial charge is 0.260 e. The average Bonchev–Trinajstić information content (AvgIpc) is 3.34. The zero-order valence-corrected chi connectivity index (χ0v) is 20.7. The summed E-state index contributed by atoms with van der Waals surface area (Å²) in [4.78, 5) is 0.230. The second kappa shape index (κ2) is 8.69. The number of rotatable bonds is 5. The third-order valence-corrected chi connectivity index (χ3v) is 8.61. The number of para-hydroxylation sites is 1. The molecule has 0 saturated carbocycles. The number of sulfonamides is 1. The first-order valence-electron chi connectivity index (χ1n) is 10.5. The summed E-state index contributed by atoms with van der Waals surface area (Å²) in [5.41, 5.74) is 0.683. The van der Waals surface area contributed by atoms with E-state index in [1.54, 1.807) is 35.0 Å². The van der Waals surface area contributed by atoms with Gasteiger partial charge < -0.3 is 4.74 Å². The molecule has 0 radical (unpaired) electrons. The molecule has 0 aliphatic carbocycles. The van der Waals surface area contributed by atoms with E-state index < -0.39 is 10.0 Å². The van der Waals surface area contributed by atoms with Gasteiger partial charge in [-0.2, -0.15) is 9.40 Å². The Balaban J connectivity index is 1.38. The maximum absolute atomic E-state index is 13.9. The second-order valence-electron chi connectivity index (χ2n) is 8.20. The molecule has 170 valence electrons. The summed E-state index contributed by atoms with van der Waals surface area (Å²) in [5.74, 6) is 1.18. The van der Waals surface area contributed by atoms with Crippen molar-refractivity contribution in [1.29, 1.82) is 0 Å². The van der Waals surface area contributed by atoms with Gasteiger partial charge in [-0.25, -0.2) is 12.8 Å². The molecule has 5 rings (SSSR count). The number of hydrogen-bond acceptors (Lipinski definition) is 3. The van der Waals surface area contributed by atoms with Gasteiger partial charge >= 0.3 is 0 Å². The fourth-order valence-electron chi connectivity index (χ4n) is 4.24. The van der Waals surface area contributed by atoms with Crippen molar-refractivity contribution in [3.8, 4) is 11.5 Å². The standard InChI is InChI=1S/C24H21FIN3O3S/c1-16-14-28(15-23(16)29-22-13-17(25)7-12-21(22)24(26)27-29)33(30,31)20-10-8-19(9-11-20)32-18-5-3-2-4-6-18/h2-13,16,23H,14-15H2,1H3/p+1/t16-,23+/m1/s1. The van der Waals surface area contributed by atoms with Gasteiger partial charge in [-0.3, -0.25) is 4.68 Å². The Hall–Kier alpha value is -2.50. The highest BCUT2D eigenvalue weighted by molar-refractivity contribution is 14.1. The quantitative estimate of drug-likeness (QED) is 0.238. The maximum atomic E-state index is 13.9. The molecule has 2 heterocycles. The Bertz CT molecular complexity index is 1410. The van der Waals surface area contributed by atoms with E-state index in [9.17, 15) is 12.8 Å². The Kier molecular flexibility index (Phi) is 5.87. The minimum Gasteiger partial charge on any atom is -0.546 e. The lowest BCUT2D eigenvalue weighted by Gasteiger charge is -2.17. The van der Waals surface area contributed by atoms with E-state index in [-0.39, 0.29) is 29.2 Å². The van der Waals surface area contributed by atoms with Crippen molar-refractivity contribution in [2.75, 3.05) is 13.1 Å². The third-order valence-electron chi connectivity index (χ3n) is 5.97. The monoisotopic (exact) mass is 578 g/mol. The van der Waals surface area contributed by atoms with E-state index in [0.29, 0.717) is 17.8 Å². The largest absolute Gasteiger partial charge is 0.546 e. The van der Waals surface area contributed by atoms with Crippen molar-refractivity contribution in [3.63, 3.8) is 0 Å². The van der Waals surface area contributed by atoms with E-state index in [2.05, 4.69) is 32.4 Å². The van der Waals surface area contributed by atoms with Crippen LogP contribution >= 0.6 is 22.6 Å². The van der Waals surface area contributed by atoms with Crippen LogP contribution in [0.3, 0.4) is 0 Å². The minimum atomic E-state index is -3.68. The Labute approximate surface area is 205 Å². The highest BCUT2D eigenvalue weighted by Gasteiger charge is 2.39. The van der Waals surface area contributed by atoms with E-state index in [1.807, 2.05) is 37.3 Å². The molecule has 4 aromatic rings. The first-order chi connectivity index (χ1) is 15.8. The predicted octanol–water partition coefficient (Wildman–Crippen LogP) is 5.32. The molecule has 0 bridgehead atoms. The molecule has 6 nitrogen and oxygen atoms in total. The Morgan fingerprint density at radius 3 is 2.42 bits per heavy atom. The number of aromatic hydroxyl groups is 2. The van der Waals surface area contributed by atoms with Crippen LogP contribution in [0.5, 0.6) is 11.5 Å². The van der Waals surface area contributed by atoms with Crippen molar-refractivity contribution in [2.45, 2.75) is 17.9 Å². The first-order valence-corrected chi connectivity index (χ1v) is 13.0. The molecule has 9 heteroatoms. The highest BCUT2D eigenvalue weighted by Crippen LogP contribution is 2.35. The molecule has 3 aromatic carbocycles. The van der Waals surface area contributed by atoms with Crippen LogP contribution in [0.4, 0.5) is 4.39 Å². The normalized spacial score (nSPS) is 19.2. The minimum absolute atomic E-state index is 0.0225. The Morgan fingerprint density at radius 1 is 1.00 bits per heavy atom. The van der Waals surface area contributed by atoms with Crippen molar-refractivity contribution in [2.24, 2.45) is 5.92 Å². The van der Waals surface area contributed by atoms with Gasteiger partial charge in [0.1, 0.15) is 9.52 Å². The SMILES string of the molecule is C[C@@H]1CN(S(=O)(=O)c2ccc([OH+]c3ccccc3)cc2)C[C@@H]1n1nc(I)c2ccc(F)cc21. The molecule has 1 aliphatic rings. The summed E-state index contributed by atoms with van der Waals surface area (Å²) in [5, 5.41) is 5.47.